The van der Waals surface area contributed by atoms with Crippen molar-refractivity contribution in [2.45, 2.75) is 6.42 Å². The van der Waals surface area contributed by atoms with E-state index in [-0.39, 0.29) is 11.8 Å². The Morgan fingerprint density at radius 1 is 0.870 bits per heavy atom. The molecule has 6 nitrogen and oxygen atoms in total. The van der Waals surface area contributed by atoms with Gasteiger partial charge < -0.3 is 19.5 Å². The highest BCUT2D eigenvalue weighted by molar-refractivity contribution is 5.91. The first-order valence-electron chi connectivity index (χ1n) is 7.23. The van der Waals surface area contributed by atoms with E-state index in [1.807, 2.05) is 0 Å². The van der Waals surface area contributed by atoms with E-state index < -0.39 is 0 Å². The van der Waals surface area contributed by atoms with E-state index in [1.165, 1.54) is 12.2 Å². The molecule has 0 saturated carbocycles. The van der Waals surface area contributed by atoms with E-state index >= 15 is 0 Å². The standard InChI is InChI=1S/C17H18N2O4/c20-16(8-6-14-4-1-12-22-14)18-10-3-11-19-17(21)9-7-15-5-2-13-23-15/h1-2,4-9,12-13H,3,10-11H2,(H,18,20)(H,19,21). The zero-order chi connectivity index (χ0) is 16.3. The van der Waals surface area contributed by atoms with E-state index in [2.05, 4.69) is 10.6 Å². The van der Waals surface area contributed by atoms with Gasteiger partial charge in [0, 0.05) is 25.2 Å². The van der Waals surface area contributed by atoms with Gasteiger partial charge in [0.05, 0.1) is 12.5 Å². The van der Waals surface area contributed by atoms with Crippen molar-refractivity contribution in [2.75, 3.05) is 13.1 Å². The van der Waals surface area contributed by atoms with Crippen molar-refractivity contribution in [3.63, 3.8) is 0 Å². The summed E-state index contributed by atoms with van der Waals surface area (Å²) in [5.41, 5.74) is 0. The molecule has 2 aromatic heterocycles. The molecule has 0 bridgehead atoms. The van der Waals surface area contributed by atoms with Crippen molar-refractivity contribution in [3.8, 4) is 0 Å². The third-order valence-electron chi connectivity index (χ3n) is 2.84. The lowest BCUT2D eigenvalue weighted by Gasteiger charge is -2.03. The number of carbonyl (C=O) groups excluding carboxylic acids is 2. The number of hydrogen-bond donors (Lipinski definition) is 2. The number of nitrogens with one attached hydrogen (secondary N) is 2. The predicted molar refractivity (Wildman–Crippen MR) is 86.1 cm³/mol. The summed E-state index contributed by atoms with van der Waals surface area (Å²) < 4.78 is 10.2. The van der Waals surface area contributed by atoms with Crippen molar-refractivity contribution in [2.24, 2.45) is 0 Å². The zero-order valence-corrected chi connectivity index (χ0v) is 12.5. The lowest BCUT2D eigenvalue weighted by atomic mass is 10.3. The maximum atomic E-state index is 11.5. The molecule has 0 unspecified atom stereocenters. The molecular weight excluding hydrogens is 296 g/mol. The fourth-order valence-corrected chi connectivity index (χ4v) is 1.72. The predicted octanol–water partition coefficient (Wildman–Crippen LogP) is 2.22. The van der Waals surface area contributed by atoms with Crippen LogP contribution in [0.3, 0.4) is 0 Å². The quantitative estimate of drug-likeness (QED) is 0.578. The minimum Gasteiger partial charge on any atom is -0.465 e. The van der Waals surface area contributed by atoms with Crippen LogP contribution in [0.2, 0.25) is 0 Å². The molecule has 2 rings (SSSR count). The molecule has 0 spiro atoms. The van der Waals surface area contributed by atoms with E-state index in [4.69, 9.17) is 8.83 Å². The summed E-state index contributed by atoms with van der Waals surface area (Å²) in [7, 11) is 0. The zero-order valence-electron chi connectivity index (χ0n) is 12.5. The Morgan fingerprint density at radius 2 is 1.35 bits per heavy atom. The minimum absolute atomic E-state index is 0.203. The molecular formula is C17H18N2O4. The first-order valence-corrected chi connectivity index (χ1v) is 7.23. The van der Waals surface area contributed by atoms with Gasteiger partial charge in [0.1, 0.15) is 11.5 Å². The van der Waals surface area contributed by atoms with Crippen molar-refractivity contribution in [3.05, 3.63) is 60.5 Å². The van der Waals surface area contributed by atoms with Crippen LogP contribution in [-0.4, -0.2) is 24.9 Å². The molecule has 0 aliphatic carbocycles. The van der Waals surface area contributed by atoms with Gasteiger partial charge in [0.2, 0.25) is 11.8 Å². The summed E-state index contributed by atoms with van der Waals surface area (Å²) in [6.07, 6.45) is 9.72. The van der Waals surface area contributed by atoms with E-state index in [0.717, 1.165) is 0 Å². The molecule has 0 aliphatic rings. The molecule has 120 valence electrons. The Balaban J connectivity index is 1.55. The number of hydrogen-bond acceptors (Lipinski definition) is 4. The van der Waals surface area contributed by atoms with Gasteiger partial charge in [-0.25, -0.2) is 0 Å². The van der Waals surface area contributed by atoms with Crippen LogP contribution in [-0.2, 0) is 9.59 Å². The Kier molecular flexibility index (Phi) is 6.46. The Morgan fingerprint density at radius 3 is 1.74 bits per heavy atom. The van der Waals surface area contributed by atoms with Gasteiger partial charge in [-0.05, 0) is 42.8 Å². The molecule has 0 aliphatic heterocycles. The maximum absolute atomic E-state index is 11.5. The number of furan rings is 2. The summed E-state index contributed by atoms with van der Waals surface area (Å²) in [5.74, 6) is 0.836. The fraction of sp³-hybridized carbons (Fsp3) is 0.176. The van der Waals surface area contributed by atoms with E-state index in [1.54, 1.807) is 48.9 Å². The van der Waals surface area contributed by atoms with Gasteiger partial charge in [0.15, 0.2) is 0 Å². The van der Waals surface area contributed by atoms with Crippen LogP contribution in [0.5, 0.6) is 0 Å². The van der Waals surface area contributed by atoms with Gasteiger partial charge in [0.25, 0.3) is 0 Å². The lowest BCUT2D eigenvalue weighted by Crippen LogP contribution is -2.28. The first-order chi connectivity index (χ1) is 11.2. The summed E-state index contributed by atoms with van der Waals surface area (Å²) in [6.45, 7) is 0.951. The molecule has 0 radical (unpaired) electrons. The van der Waals surface area contributed by atoms with Gasteiger partial charge in [-0.2, -0.15) is 0 Å². The maximum Gasteiger partial charge on any atom is 0.244 e. The molecule has 0 aromatic carbocycles. The average Bonchev–Trinajstić information content (AvgIpc) is 3.24. The highest BCUT2D eigenvalue weighted by atomic mass is 16.3. The van der Waals surface area contributed by atoms with Crippen molar-refractivity contribution < 1.29 is 18.4 Å². The van der Waals surface area contributed by atoms with Crippen LogP contribution in [0.15, 0.2) is 57.8 Å². The van der Waals surface area contributed by atoms with Crippen LogP contribution >= 0.6 is 0 Å². The second-order valence-corrected chi connectivity index (χ2v) is 4.63. The number of rotatable bonds is 8. The molecule has 2 aromatic rings. The second kappa shape index (κ2) is 9.09. The van der Waals surface area contributed by atoms with Crippen molar-refractivity contribution >= 4 is 24.0 Å². The summed E-state index contributed by atoms with van der Waals surface area (Å²) in [4.78, 5) is 23.0. The van der Waals surface area contributed by atoms with Crippen LogP contribution in [0.1, 0.15) is 17.9 Å². The van der Waals surface area contributed by atoms with Crippen LogP contribution in [0.25, 0.3) is 12.2 Å². The molecule has 0 atom stereocenters. The Labute approximate surface area is 133 Å². The van der Waals surface area contributed by atoms with Crippen LogP contribution in [0.4, 0.5) is 0 Å². The Hall–Kier alpha value is -3.02. The monoisotopic (exact) mass is 314 g/mol. The smallest absolute Gasteiger partial charge is 0.244 e. The van der Waals surface area contributed by atoms with Gasteiger partial charge in [-0.15, -0.1) is 0 Å². The average molecular weight is 314 g/mol. The third kappa shape index (κ3) is 6.52. The van der Waals surface area contributed by atoms with Gasteiger partial charge in [-0.3, -0.25) is 9.59 Å². The van der Waals surface area contributed by atoms with E-state index in [0.29, 0.717) is 31.0 Å². The highest BCUT2D eigenvalue weighted by Gasteiger charge is 1.98. The molecule has 2 N–H and O–H groups in total. The van der Waals surface area contributed by atoms with Crippen LogP contribution < -0.4 is 10.6 Å². The van der Waals surface area contributed by atoms with Gasteiger partial charge >= 0.3 is 0 Å². The topological polar surface area (TPSA) is 84.5 Å². The summed E-state index contributed by atoms with van der Waals surface area (Å²) >= 11 is 0. The third-order valence-corrected chi connectivity index (χ3v) is 2.84. The summed E-state index contributed by atoms with van der Waals surface area (Å²) in [6, 6.07) is 7.02. The Bertz CT molecular complexity index is 597. The first kappa shape index (κ1) is 16.4. The molecule has 0 saturated heterocycles. The van der Waals surface area contributed by atoms with Crippen LogP contribution in [0, 0.1) is 0 Å². The number of carbonyl (C=O) groups is 2. The molecule has 2 amide bonds. The van der Waals surface area contributed by atoms with Crippen molar-refractivity contribution in [1.82, 2.24) is 10.6 Å². The van der Waals surface area contributed by atoms with E-state index in [9.17, 15) is 9.59 Å². The molecule has 2 heterocycles. The lowest BCUT2D eigenvalue weighted by molar-refractivity contribution is -0.116. The largest absolute Gasteiger partial charge is 0.465 e. The molecule has 6 heteroatoms. The molecule has 0 fully saturated rings. The number of amides is 2. The SMILES string of the molecule is O=C(C=Cc1ccco1)NCCCNC(=O)C=Cc1ccco1. The second-order valence-electron chi connectivity index (χ2n) is 4.63. The fourth-order valence-electron chi connectivity index (χ4n) is 1.72. The molecule has 23 heavy (non-hydrogen) atoms. The normalized spacial score (nSPS) is 11.1. The highest BCUT2D eigenvalue weighted by Crippen LogP contribution is 2.02. The van der Waals surface area contributed by atoms with Crippen molar-refractivity contribution in [1.29, 1.82) is 0 Å². The van der Waals surface area contributed by atoms with Gasteiger partial charge in [-0.1, -0.05) is 0 Å². The summed E-state index contributed by atoms with van der Waals surface area (Å²) in [5, 5.41) is 5.44. The minimum atomic E-state index is -0.203.